The van der Waals surface area contributed by atoms with Crippen LogP contribution in [0.1, 0.15) is 11.1 Å². The molecule has 2 amide bonds. The first-order valence-corrected chi connectivity index (χ1v) is 12.3. The van der Waals surface area contributed by atoms with E-state index < -0.39 is 28.6 Å². The standard InChI is InChI=1S/C30H24N2O6/c1-37-19-11-7-17(8-12-19)25(18-9-13-20(38-2)14-10-18)26-21-15-16-22(26)28-27(21)29(33)31(30(28)34)23-5-3-4-6-24(23)32(35)36/h3-16,21-22,27-28H,1-2H3/t21-,22-,27-,28-/m1/s1. The summed E-state index contributed by atoms with van der Waals surface area (Å²) in [5.74, 6) is -1.16. The number of nitrogens with zero attached hydrogens (tertiary/aromatic N) is 2. The second kappa shape index (κ2) is 8.99. The zero-order chi connectivity index (χ0) is 26.6. The van der Waals surface area contributed by atoms with Gasteiger partial charge in [-0.2, -0.15) is 0 Å². The average Bonchev–Trinajstić information content (AvgIpc) is 3.58. The fourth-order valence-corrected chi connectivity index (χ4v) is 6.16. The maximum Gasteiger partial charge on any atom is 0.293 e. The molecule has 0 aromatic heterocycles. The summed E-state index contributed by atoms with van der Waals surface area (Å²) in [6, 6.07) is 21.3. The van der Waals surface area contributed by atoms with Crippen molar-refractivity contribution in [3.63, 3.8) is 0 Å². The molecule has 3 aromatic carbocycles. The molecule has 1 saturated carbocycles. The maximum atomic E-state index is 13.8. The van der Waals surface area contributed by atoms with Gasteiger partial charge in [0, 0.05) is 17.9 Å². The molecule has 1 heterocycles. The van der Waals surface area contributed by atoms with Crippen molar-refractivity contribution in [1.29, 1.82) is 0 Å². The van der Waals surface area contributed by atoms with Gasteiger partial charge in [-0.25, -0.2) is 4.90 Å². The molecule has 38 heavy (non-hydrogen) atoms. The predicted octanol–water partition coefficient (Wildman–Crippen LogP) is 5.04. The molecule has 190 valence electrons. The van der Waals surface area contributed by atoms with E-state index in [4.69, 9.17) is 9.47 Å². The van der Waals surface area contributed by atoms with E-state index in [1.54, 1.807) is 20.3 Å². The van der Waals surface area contributed by atoms with E-state index in [-0.39, 0.29) is 23.2 Å². The Hall–Kier alpha value is -4.72. The summed E-state index contributed by atoms with van der Waals surface area (Å²) in [6.07, 6.45) is 4.00. The zero-order valence-corrected chi connectivity index (χ0v) is 20.7. The van der Waals surface area contributed by atoms with Crippen LogP contribution in [0.3, 0.4) is 0 Å². The highest BCUT2D eigenvalue weighted by molar-refractivity contribution is 6.24. The van der Waals surface area contributed by atoms with Gasteiger partial charge in [-0.15, -0.1) is 0 Å². The van der Waals surface area contributed by atoms with Crippen molar-refractivity contribution in [2.75, 3.05) is 19.1 Å². The van der Waals surface area contributed by atoms with Crippen LogP contribution in [0, 0.1) is 33.8 Å². The van der Waals surface area contributed by atoms with Gasteiger partial charge in [-0.3, -0.25) is 19.7 Å². The fraction of sp³-hybridized carbons (Fsp3) is 0.200. The van der Waals surface area contributed by atoms with Gasteiger partial charge in [0.15, 0.2) is 0 Å². The molecule has 0 unspecified atom stereocenters. The molecular weight excluding hydrogens is 484 g/mol. The largest absolute Gasteiger partial charge is 0.497 e. The van der Waals surface area contributed by atoms with Crippen LogP contribution in [0.4, 0.5) is 11.4 Å². The van der Waals surface area contributed by atoms with E-state index in [9.17, 15) is 19.7 Å². The molecular formula is C30H24N2O6. The van der Waals surface area contributed by atoms with Crippen LogP contribution < -0.4 is 14.4 Å². The third kappa shape index (κ3) is 3.44. The molecule has 8 nitrogen and oxygen atoms in total. The lowest BCUT2D eigenvalue weighted by Gasteiger charge is -2.21. The van der Waals surface area contributed by atoms with Gasteiger partial charge in [0.05, 0.1) is 31.0 Å². The normalized spacial score (nSPS) is 23.1. The molecule has 6 rings (SSSR count). The number of imide groups is 1. The molecule has 2 bridgehead atoms. The number of carbonyl (C=O) groups excluding carboxylic acids is 2. The van der Waals surface area contributed by atoms with Crippen LogP contribution in [-0.2, 0) is 9.59 Å². The van der Waals surface area contributed by atoms with Gasteiger partial charge in [0.1, 0.15) is 17.2 Å². The summed E-state index contributed by atoms with van der Waals surface area (Å²) in [4.78, 5) is 39.6. The molecule has 2 aliphatic carbocycles. The molecule has 8 heteroatoms. The monoisotopic (exact) mass is 508 g/mol. The first-order valence-electron chi connectivity index (χ1n) is 12.3. The number of allylic oxidation sites excluding steroid dienone is 3. The number of amides is 2. The van der Waals surface area contributed by atoms with E-state index >= 15 is 0 Å². The molecule has 0 radical (unpaired) electrons. The van der Waals surface area contributed by atoms with Gasteiger partial charge in [0.25, 0.3) is 5.69 Å². The van der Waals surface area contributed by atoms with Crippen molar-refractivity contribution in [1.82, 2.24) is 0 Å². The van der Waals surface area contributed by atoms with Crippen LogP contribution in [0.15, 0.2) is 90.5 Å². The Morgan fingerprint density at radius 1 is 0.763 bits per heavy atom. The maximum absolute atomic E-state index is 13.8. The number of rotatable bonds is 6. The Bertz CT molecular complexity index is 1440. The summed E-state index contributed by atoms with van der Waals surface area (Å²) in [5, 5.41) is 11.6. The molecule has 4 atom stereocenters. The highest BCUT2D eigenvalue weighted by Gasteiger charge is 2.63. The summed E-state index contributed by atoms with van der Waals surface area (Å²) in [6.45, 7) is 0. The quantitative estimate of drug-likeness (QED) is 0.200. The van der Waals surface area contributed by atoms with Gasteiger partial charge in [-0.05, 0) is 52.6 Å². The van der Waals surface area contributed by atoms with E-state index in [0.29, 0.717) is 0 Å². The fourth-order valence-electron chi connectivity index (χ4n) is 6.16. The second-order valence-corrected chi connectivity index (χ2v) is 9.53. The van der Waals surface area contributed by atoms with E-state index in [1.807, 2.05) is 60.7 Å². The van der Waals surface area contributed by atoms with Crippen LogP contribution in [0.25, 0.3) is 5.57 Å². The smallest absolute Gasteiger partial charge is 0.293 e. The van der Waals surface area contributed by atoms with Crippen LogP contribution in [0.2, 0.25) is 0 Å². The van der Waals surface area contributed by atoms with Gasteiger partial charge >= 0.3 is 0 Å². The van der Waals surface area contributed by atoms with Crippen molar-refractivity contribution in [2.24, 2.45) is 23.7 Å². The molecule has 1 aliphatic heterocycles. The topological polar surface area (TPSA) is 99.0 Å². The number of para-hydroxylation sites is 2. The number of methoxy groups -OCH3 is 2. The van der Waals surface area contributed by atoms with Crippen LogP contribution in [-0.4, -0.2) is 31.0 Å². The number of fused-ring (bicyclic) bond motifs is 5. The van der Waals surface area contributed by atoms with Crippen molar-refractivity contribution in [3.8, 4) is 11.5 Å². The van der Waals surface area contributed by atoms with Crippen molar-refractivity contribution in [3.05, 3.63) is 112 Å². The van der Waals surface area contributed by atoms with E-state index in [1.165, 1.54) is 18.2 Å². The number of carbonyl (C=O) groups is 2. The lowest BCUT2D eigenvalue weighted by molar-refractivity contribution is -0.384. The van der Waals surface area contributed by atoms with Crippen LogP contribution in [0.5, 0.6) is 11.5 Å². The Labute approximate surface area is 218 Å². The summed E-state index contributed by atoms with van der Waals surface area (Å²) >= 11 is 0. The number of anilines is 1. The van der Waals surface area contributed by atoms with Crippen molar-refractivity contribution >= 4 is 28.8 Å². The lowest BCUT2D eigenvalue weighted by Crippen LogP contribution is -2.33. The van der Waals surface area contributed by atoms with E-state index in [0.717, 1.165) is 38.7 Å². The number of nitro benzene ring substituents is 1. The summed E-state index contributed by atoms with van der Waals surface area (Å²) in [7, 11) is 3.22. The minimum Gasteiger partial charge on any atom is -0.497 e. The zero-order valence-electron chi connectivity index (χ0n) is 20.7. The highest BCUT2D eigenvalue weighted by atomic mass is 16.6. The van der Waals surface area contributed by atoms with Gasteiger partial charge < -0.3 is 9.47 Å². The van der Waals surface area contributed by atoms with E-state index in [2.05, 4.69) is 0 Å². The van der Waals surface area contributed by atoms with Crippen LogP contribution >= 0.6 is 0 Å². The molecule has 0 N–H and O–H groups in total. The minimum atomic E-state index is -0.612. The molecule has 1 saturated heterocycles. The van der Waals surface area contributed by atoms with Crippen molar-refractivity contribution in [2.45, 2.75) is 0 Å². The van der Waals surface area contributed by atoms with Gasteiger partial charge in [-0.1, -0.05) is 48.6 Å². The summed E-state index contributed by atoms with van der Waals surface area (Å²) < 4.78 is 10.7. The first kappa shape index (κ1) is 23.7. The molecule has 2 fully saturated rings. The Balaban J connectivity index is 1.48. The molecule has 3 aliphatic rings. The third-order valence-corrected chi connectivity index (χ3v) is 7.78. The SMILES string of the molecule is COc1ccc(C(=C2[C@H]3C=C[C@H]2[C@H]2C(=O)N(c4ccccc4[N+](=O)[O-])C(=O)[C@@H]23)c2ccc(OC)cc2)cc1. The Morgan fingerprint density at radius 2 is 1.24 bits per heavy atom. The molecule has 3 aromatic rings. The minimum absolute atomic E-state index is 0.0253. The predicted molar refractivity (Wildman–Crippen MR) is 141 cm³/mol. The summed E-state index contributed by atoms with van der Waals surface area (Å²) in [5.41, 5.74) is 3.63. The number of ether oxygens (including phenoxy) is 2. The Kier molecular flexibility index (Phi) is 5.60. The number of benzene rings is 3. The number of nitro groups is 1. The number of hydrogen-bond donors (Lipinski definition) is 0. The average molecular weight is 509 g/mol. The lowest BCUT2D eigenvalue weighted by atomic mass is 9.85. The highest BCUT2D eigenvalue weighted by Crippen LogP contribution is 2.59. The second-order valence-electron chi connectivity index (χ2n) is 9.53. The van der Waals surface area contributed by atoms with Crippen molar-refractivity contribution < 1.29 is 24.0 Å². The third-order valence-electron chi connectivity index (χ3n) is 7.78. The molecule has 0 spiro atoms. The van der Waals surface area contributed by atoms with Gasteiger partial charge in [0.2, 0.25) is 11.8 Å². The number of hydrogen-bond acceptors (Lipinski definition) is 6. The Morgan fingerprint density at radius 3 is 1.68 bits per heavy atom. The first-order chi connectivity index (χ1) is 18.4.